The number of carboxylic acid groups (broad SMARTS) is 1. The first-order valence-electron chi connectivity index (χ1n) is 6.77. The van der Waals surface area contributed by atoms with E-state index in [9.17, 15) is 14.7 Å². The smallest absolute Gasteiger partial charge is 0.341 e. The van der Waals surface area contributed by atoms with Crippen LogP contribution in [0.1, 0.15) is 29.4 Å². The first-order valence-corrected chi connectivity index (χ1v) is 7.53. The van der Waals surface area contributed by atoms with Gasteiger partial charge in [-0.3, -0.25) is 4.79 Å². The molecule has 2 rings (SSSR count). The van der Waals surface area contributed by atoms with E-state index in [4.69, 9.17) is 23.2 Å². The molecule has 2 aromatic rings. The number of hydrogen-bond acceptors (Lipinski definition) is 2. The molecule has 0 saturated heterocycles. The van der Waals surface area contributed by atoms with Crippen molar-refractivity contribution in [3.05, 3.63) is 55.8 Å². The number of benzene rings is 1. The fraction of sp³-hybridized carbons (Fsp3) is 0.250. The van der Waals surface area contributed by atoms with Gasteiger partial charge in [-0.15, -0.1) is 0 Å². The Bertz CT molecular complexity index is 776. The number of rotatable bonds is 4. The molecule has 116 valence electrons. The second-order valence-electron chi connectivity index (χ2n) is 4.99. The number of nitrogens with zero attached hydrogens (tertiary/aromatic N) is 1. The average Bonchev–Trinajstić information content (AvgIpc) is 2.41. The van der Waals surface area contributed by atoms with Crippen LogP contribution in [0.25, 0.3) is 11.3 Å². The molecule has 0 amide bonds. The highest BCUT2D eigenvalue weighted by Gasteiger charge is 2.19. The largest absolute Gasteiger partial charge is 0.477 e. The van der Waals surface area contributed by atoms with Crippen LogP contribution in [0.5, 0.6) is 0 Å². The topological polar surface area (TPSA) is 59.3 Å². The van der Waals surface area contributed by atoms with Crippen LogP contribution in [-0.4, -0.2) is 15.6 Å². The standard InChI is InChI=1S/C16H15Cl2NO3/c1-3-4-12-15(16(21)22)14(20)8-13(19(12)2)9-5-10(17)7-11(18)6-9/h5-8H,3-4H2,1-2H3,(H,21,22). The maximum Gasteiger partial charge on any atom is 0.341 e. The van der Waals surface area contributed by atoms with Crippen molar-refractivity contribution in [3.63, 3.8) is 0 Å². The second kappa shape index (κ2) is 6.55. The summed E-state index contributed by atoms with van der Waals surface area (Å²) >= 11 is 12.0. The van der Waals surface area contributed by atoms with Crippen molar-refractivity contribution >= 4 is 29.2 Å². The quantitative estimate of drug-likeness (QED) is 0.915. The van der Waals surface area contributed by atoms with Crippen molar-refractivity contribution in [2.24, 2.45) is 7.05 Å². The molecule has 0 saturated carbocycles. The molecule has 0 bridgehead atoms. The number of hydrogen-bond donors (Lipinski definition) is 1. The summed E-state index contributed by atoms with van der Waals surface area (Å²) in [5, 5.41) is 10.2. The van der Waals surface area contributed by atoms with Crippen molar-refractivity contribution in [2.45, 2.75) is 19.8 Å². The zero-order chi connectivity index (χ0) is 16.4. The van der Waals surface area contributed by atoms with Gasteiger partial charge < -0.3 is 9.67 Å². The van der Waals surface area contributed by atoms with Gasteiger partial charge in [0, 0.05) is 34.4 Å². The summed E-state index contributed by atoms with van der Waals surface area (Å²) in [5.41, 5.74) is 1.06. The van der Waals surface area contributed by atoms with Crippen molar-refractivity contribution < 1.29 is 9.90 Å². The van der Waals surface area contributed by atoms with Crippen molar-refractivity contribution in [3.8, 4) is 11.3 Å². The average molecular weight is 340 g/mol. The van der Waals surface area contributed by atoms with E-state index in [1.807, 2.05) is 6.92 Å². The Kier molecular flexibility index (Phi) is 4.94. The number of aromatic carboxylic acids is 1. The van der Waals surface area contributed by atoms with Gasteiger partial charge in [0.1, 0.15) is 5.56 Å². The summed E-state index contributed by atoms with van der Waals surface area (Å²) in [6, 6.07) is 6.30. The van der Waals surface area contributed by atoms with Gasteiger partial charge in [-0.2, -0.15) is 0 Å². The molecule has 4 nitrogen and oxygen atoms in total. The van der Waals surface area contributed by atoms with E-state index in [1.165, 1.54) is 6.07 Å². The molecule has 0 radical (unpaired) electrons. The van der Waals surface area contributed by atoms with E-state index < -0.39 is 11.4 Å². The number of carbonyl (C=O) groups is 1. The van der Waals surface area contributed by atoms with E-state index >= 15 is 0 Å². The van der Waals surface area contributed by atoms with Crippen LogP contribution in [0.3, 0.4) is 0 Å². The highest BCUT2D eigenvalue weighted by Crippen LogP contribution is 2.27. The third-order valence-electron chi connectivity index (χ3n) is 3.43. The lowest BCUT2D eigenvalue weighted by Crippen LogP contribution is -2.23. The van der Waals surface area contributed by atoms with Gasteiger partial charge >= 0.3 is 5.97 Å². The first kappa shape index (κ1) is 16.6. The predicted molar refractivity (Wildman–Crippen MR) is 88.1 cm³/mol. The lowest BCUT2D eigenvalue weighted by molar-refractivity contribution is 0.0693. The van der Waals surface area contributed by atoms with Crippen LogP contribution in [-0.2, 0) is 13.5 Å². The third-order valence-corrected chi connectivity index (χ3v) is 3.86. The van der Waals surface area contributed by atoms with E-state index in [0.29, 0.717) is 33.4 Å². The zero-order valence-corrected chi connectivity index (χ0v) is 13.7. The van der Waals surface area contributed by atoms with Crippen molar-refractivity contribution in [1.29, 1.82) is 0 Å². The van der Waals surface area contributed by atoms with Crippen LogP contribution in [0, 0.1) is 0 Å². The molecule has 0 aliphatic carbocycles. The molecular weight excluding hydrogens is 325 g/mol. The summed E-state index contributed by atoms with van der Waals surface area (Å²) in [5.74, 6) is -1.21. The number of halogens is 2. The summed E-state index contributed by atoms with van der Waals surface area (Å²) < 4.78 is 1.72. The Morgan fingerprint density at radius 1 is 1.18 bits per heavy atom. The second-order valence-corrected chi connectivity index (χ2v) is 5.86. The first-order chi connectivity index (χ1) is 10.3. The van der Waals surface area contributed by atoms with Gasteiger partial charge in [0.15, 0.2) is 5.43 Å². The Labute approximate surface area is 137 Å². The molecule has 0 spiro atoms. The van der Waals surface area contributed by atoms with Crippen LogP contribution >= 0.6 is 23.2 Å². The number of carboxylic acids is 1. The number of pyridine rings is 1. The minimum atomic E-state index is -1.21. The maximum absolute atomic E-state index is 12.2. The highest BCUT2D eigenvalue weighted by molar-refractivity contribution is 6.35. The molecular formula is C16H15Cl2NO3. The molecule has 1 aromatic carbocycles. The molecule has 0 aliphatic rings. The van der Waals surface area contributed by atoms with E-state index in [1.54, 1.807) is 29.8 Å². The van der Waals surface area contributed by atoms with Gasteiger partial charge in [-0.05, 0) is 24.6 Å². The van der Waals surface area contributed by atoms with Crippen LogP contribution < -0.4 is 5.43 Å². The lowest BCUT2D eigenvalue weighted by atomic mass is 10.0. The molecule has 0 fully saturated rings. The molecule has 1 heterocycles. The molecule has 0 atom stereocenters. The Balaban J connectivity index is 2.78. The molecule has 1 aromatic heterocycles. The summed E-state index contributed by atoms with van der Waals surface area (Å²) in [7, 11) is 1.74. The summed E-state index contributed by atoms with van der Waals surface area (Å²) in [6.45, 7) is 1.93. The van der Waals surface area contributed by atoms with Gasteiger partial charge in [0.05, 0.1) is 5.69 Å². The van der Waals surface area contributed by atoms with Crippen LogP contribution in [0.15, 0.2) is 29.1 Å². The SMILES string of the molecule is CCCc1c(C(=O)O)c(=O)cc(-c2cc(Cl)cc(Cl)c2)n1C. The van der Waals surface area contributed by atoms with Crippen LogP contribution in [0.2, 0.25) is 10.0 Å². The van der Waals surface area contributed by atoms with Gasteiger partial charge in [0.2, 0.25) is 0 Å². The van der Waals surface area contributed by atoms with Crippen molar-refractivity contribution in [2.75, 3.05) is 0 Å². The van der Waals surface area contributed by atoms with Crippen LogP contribution in [0.4, 0.5) is 0 Å². The molecule has 0 aliphatic heterocycles. The van der Waals surface area contributed by atoms with E-state index in [2.05, 4.69) is 0 Å². The van der Waals surface area contributed by atoms with Crippen molar-refractivity contribution in [1.82, 2.24) is 4.57 Å². The summed E-state index contributed by atoms with van der Waals surface area (Å²) in [6.07, 6.45) is 1.23. The highest BCUT2D eigenvalue weighted by atomic mass is 35.5. The van der Waals surface area contributed by atoms with Gasteiger partial charge in [-0.25, -0.2) is 4.79 Å². The van der Waals surface area contributed by atoms with Gasteiger partial charge in [-0.1, -0.05) is 36.5 Å². The fourth-order valence-electron chi connectivity index (χ4n) is 2.49. The Morgan fingerprint density at radius 2 is 1.77 bits per heavy atom. The molecule has 0 unspecified atom stereocenters. The maximum atomic E-state index is 12.2. The molecule has 6 heteroatoms. The minimum Gasteiger partial charge on any atom is -0.477 e. The van der Waals surface area contributed by atoms with E-state index in [-0.39, 0.29) is 5.56 Å². The van der Waals surface area contributed by atoms with Gasteiger partial charge in [0.25, 0.3) is 0 Å². The minimum absolute atomic E-state index is 0.179. The molecule has 22 heavy (non-hydrogen) atoms. The third kappa shape index (κ3) is 3.18. The Morgan fingerprint density at radius 3 is 2.27 bits per heavy atom. The monoisotopic (exact) mass is 339 g/mol. The van der Waals surface area contributed by atoms with E-state index in [0.717, 1.165) is 6.42 Å². The zero-order valence-electron chi connectivity index (χ0n) is 12.2. The molecule has 1 N–H and O–H groups in total. The summed E-state index contributed by atoms with van der Waals surface area (Å²) in [4.78, 5) is 23.6. The lowest BCUT2D eigenvalue weighted by Gasteiger charge is -2.17. The predicted octanol–water partition coefficient (Wildman–Crippen LogP) is 4.01. The number of aromatic nitrogens is 1. The fourth-order valence-corrected chi connectivity index (χ4v) is 3.01. The normalized spacial score (nSPS) is 10.7. The Hall–Kier alpha value is -1.78.